The number of hydrogen-bond acceptors (Lipinski definition) is 7. The Morgan fingerprint density at radius 3 is 2.59 bits per heavy atom. The molecule has 0 amide bonds. The molecular formula is C16H15Cl2F3N2O6. The first-order chi connectivity index (χ1) is 13.5. The number of nitrogens with zero attached hydrogens (tertiary/aromatic N) is 2. The number of halogens is 5. The maximum atomic E-state index is 13.4. The van der Waals surface area contributed by atoms with Gasteiger partial charge in [-0.1, -0.05) is 23.2 Å². The van der Waals surface area contributed by atoms with Gasteiger partial charge in [-0.15, -0.1) is 10.1 Å². The van der Waals surface area contributed by atoms with Crippen LogP contribution in [0, 0.1) is 10.1 Å². The molecule has 0 bridgehead atoms. The summed E-state index contributed by atoms with van der Waals surface area (Å²) in [6.45, 7) is -0.185. The molecule has 0 radical (unpaired) electrons. The zero-order valence-corrected chi connectivity index (χ0v) is 16.4. The number of carbonyl (C=O) groups is 1. The first-order valence-electron chi connectivity index (χ1n) is 8.06. The molecule has 0 unspecified atom stereocenters. The zero-order valence-electron chi connectivity index (χ0n) is 14.9. The Morgan fingerprint density at radius 2 is 1.97 bits per heavy atom. The van der Waals surface area contributed by atoms with Crippen molar-refractivity contribution in [3.63, 3.8) is 0 Å². The van der Waals surface area contributed by atoms with Gasteiger partial charge in [-0.05, 0) is 25.3 Å². The molecule has 8 nitrogen and oxygen atoms in total. The number of benzene rings is 1. The van der Waals surface area contributed by atoms with Crippen LogP contribution in [0.5, 0.6) is 5.75 Å². The molecule has 0 saturated heterocycles. The van der Waals surface area contributed by atoms with Crippen LogP contribution in [-0.2, 0) is 14.4 Å². The number of hydrogen-bond donors (Lipinski definition) is 0. The fourth-order valence-corrected chi connectivity index (χ4v) is 2.96. The number of ether oxygens (including phenoxy) is 2. The van der Waals surface area contributed by atoms with E-state index in [9.17, 15) is 28.1 Å². The summed E-state index contributed by atoms with van der Waals surface area (Å²) in [6, 6.07) is 2.54. The lowest BCUT2D eigenvalue weighted by atomic mass is 10.0. The Kier molecular flexibility index (Phi) is 7.55. The Bertz CT molecular complexity index is 819. The number of alkyl halides is 3. The maximum Gasteiger partial charge on any atom is 0.430 e. The van der Waals surface area contributed by atoms with Crippen molar-refractivity contribution in [2.75, 3.05) is 33.4 Å². The molecule has 29 heavy (non-hydrogen) atoms. The summed E-state index contributed by atoms with van der Waals surface area (Å²) in [4.78, 5) is 28.0. The molecule has 1 aromatic carbocycles. The van der Waals surface area contributed by atoms with Gasteiger partial charge in [-0.25, -0.2) is 4.79 Å². The van der Waals surface area contributed by atoms with Crippen molar-refractivity contribution in [2.24, 2.45) is 0 Å². The highest BCUT2D eigenvalue weighted by molar-refractivity contribution is 6.36. The molecule has 1 atom stereocenters. The van der Waals surface area contributed by atoms with E-state index in [0.717, 1.165) is 6.08 Å². The zero-order chi connectivity index (χ0) is 21.8. The SMILES string of the molecule is CN(CCOC(=O)C1=Cc2cc(Cl)cc(Cl)c2O[C@@H]1C(F)(F)F)CCO[N+](=O)[O-]. The van der Waals surface area contributed by atoms with E-state index >= 15 is 0 Å². The van der Waals surface area contributed by atoms with Crippen molar-refractivity contribution in [1.82, 2.24) is 4.90 Å². The van der Waals surface area contributed by atoms with E-state index in [1.807, 2.05) is 0 Å². The van der Waals surface area contributed by atoms with Crippen LogP contribution in [-0.4, -0.2) is 61.6 Å². The van der Waals surface area contributed by atoms with Crippen molar-refractivity contribution >= 4 is 35.2 Å². The number of fused-ring (bicyclic) bond motifs is 1. The smallest absolute Gasteiger partial charge is 0.430 e. The second kappa shape index (κ2) is 9.51. The van der Waals surface area contributed by atoms with E-state index in [-0.39, 0.29) is 47.7 Å². The number of esters is 1. The summed E-state index contributed by atoms with van der Waals surface area (Å²) >= 11 is 11.7. The average molecular weight is 459 g/mol. The average Bonchev–Trinajstić information content (AvgIpc) is 2.59. The predicted octanol–water partition coefficient (Wildman–Crippen LogP) is 3.38. The van der Waals surface area contributed by atoms with E-state index in [1.165, 1.54) is 12.1 Å². The van der Waals surface area contributed by atoms with Gasteiger partial charge in [0.15, 0.2) is 0 Å². The first-order valence-corrected chi connectivity index (χ1v) is 8.81. The highest BCUT2D eigenvalue weighted by Gasteiger charge is 2.49. The van der Waals surface area contributed by atoms with Crippen LogP contribution < -0.4 is 4.74 Å². The van der Waals surface area contributed by atoms with Gasteiger partial charge in [0.25, 0.3) is 5.09 Å². The number of likely N-dealkylation sites (N-methyl/N-ethyl adjacent to an activating group) is 1. The fraction of sp³-hybridized carbons (Fsp3) is 0.438. The minimum absolute atomic E-state index is 0.115. The monoisotopic (exact) mass is 458 g/mol. The van der Waals surface area contributed by atoms with Crippen LogP contribution in [0.1, 0.15) is 5.56 Å². The molecule has 1 aromatic rings. The summed E-state index contributed by atoms with van der Waals surface area (Å²) in [7, 11) is 1.57. The van der Waals surface area contributed by atoms with Crippen molar-refractivity contribution in [1.29, 1.82) is 0 Å². The molecular weight excluding hydrogens is 444 g/mol. The van der Waals surface area contributed by atoms with Gasteiger partial charge in [-0.3, -0.25) is 0 Å². The van der Waals surface area contributed by atoms with E-state index in [1.54, 1.807) is 11.9 Å². The normalized spacial score (nSPS) is 16.0. The minimum Gasteiger partial charge on any atom is -0.474 e. The van der Waals surface area contributed by atoms with Crippen LogP contribution in [0.15, 0.2) is 17.7 Å². The summed E-state index contributed by atoms with van der Waals surface area (Å²) in [5.74, 6) is -1.45. The molecule has 1 aliphatic heterocycles. The van der Waals surface area contributed by atoms with Crippen LogP contribution >= 0.6 is 23.2 Å². The maximum absolute atomic E-state index is 13.4. The fourth-order valence-electron chi connectivity index (χ4n) is 2.41. The van der Waals surface area contributed by atoms with Gasteiger partial charge in [0.1, 0.15) is 19.0 Å². The number of carbonyl (C=O) groups excluding carboxylic acids is 1. The Hall–Kier alpha value is -2.24. The minimum atomic E-state index is -4.89. The van der Waals surface area contributed by atoms with Crippen LogP contribution in [0.4, 0.5) is 13.2 Å². The Labute approximate surface area is 172 Å². The lowest BCUT2D eigenvalue weighted by Crippen LogP contribution is -2.41. The highest BCUT2D eigenvalue weighted by atomic mass is 35.5. The molecule has 2 rings (SSSR count). The standard InChI is InChI=1S/C16H15Cl2F3N2O6/c1-22(3-5-28-23(25)26)2-4-27-15(24)11-7-9-6-10(17)8-12(18)13(9)29-14(11)16(19,20)21/h6-8,14H,2-5H2,1H3/t14-/m0/s1. The number of rotatable bonds is 8. The third-order valence-electron chi connectivity index (χ3n) is 3.78. The second-order valence-electron chi connectivity index (χ2n) is 5.94. The lowest BCUT2D eigenvalue weighted by molar-refractivity contribution is -0.757. The quantitative estimate of drug-likeness (QED) is 0.335. The van der Waals surface area contributed by atoms with Gasteiger partial charge in [-0.2, -0.15) is 13.2 Å². The van der Waals surface area contributed by atoms with Crippen molar-refractivity contribution in [3.05, 3.63) is 43.4 Å². The van der Waals surface area contributed by atoms with E-state index in [0.29, 0.717) is 0 Å². The van der Waals surface area contributed by atoms with Crippen molar-refractivity contribution in [3.8, 4) is 5.75 Å². The first kappa shape index (κ1) is 23.0. The Balaban J connectivity index is 2.07. The molecule has 0 fully saturated rings. The van der Waals surface area contributed by atoms with Gasteiger partial charge in [0.05, 0.1) is 10.6 Å². The van der Waals surface area contributed by atoms with Crippen LogP contribution in [0.25, 0.3) is 6.08 Å². The second-order valence-corrected chi connectivity index (χ2v) is 6.78. The molecule has 1 heterocycles. The topological polar surface area (TPSA) is 91.1 Å². The van der Waals surface area contributed by atoms with Gasteiger partial charge in [0.2, 0.25) is 6.10 Å². The summed E-state index contributed by atoms with van der Waals surface area (Å²) in [5, 5.41) is 9.16. The van der Waals surface area contributed by atoms with Crippen molar-refractivity contribution < 1.29 is 37.4 Å². The molecule has 1 aliphatic rings. The summed E-state index contributed by atoms with van der Waals surface area (Å²) in [6.07, 6.45) is -6.46. The molecule has 0 aromatic heterocycles. The largest absolute Gasteiger partial charge is 0.474 e. The third-order valence-corrected chi connectivity index (χ3v) is 4.27. The van der Waals surface area contributed by atoms with Crippen LogP contribution in [0.3, 0.4) is 0 Å². The molecule has 13 heteroatoms. The molecule has 0 saturated carbocycles. The van der Waals surface area contributed by atoms with E-state index < -0.39 is 28.9 Å². The summed E-state index contributed by atoms with van der Waals surface area (Å²) in [5.41, 5.74) is -0.633. The lowest BCUT2D eigenvalue weighted by Gasteiger charge is -2.28. The van der Waals surface area contributed by atoms with Gasteiger partial charge in [0, 0.05) is 23.7 Å². The van der Waals surface area contributed by atoms with E-state index in [4.69, 9.17) is 32.7 Å². The molecule has 0 spiro atoms. The van der Waals surface area contributed by atoms with Gasteiger partial charge < -0.3 is 19.2 Å². The van der Waals surface area contributed by atoms with E-state index in [2.05, 4.69) is 4.84 Å². The van der Waals surface area contributed by atoms with Crippen LogP contribution in [0.2, 0.25) is 10.0 Å². The highest BCUT2D eigenvalue weighted by Crippen LogP contribution is 2.42. The molecule has 0 aliphatic carbocycles. The van der Waals surface area contributed by atoms with Crippen molar-refractivity contribution in [2.45, 2.75) is 12.3 Å². The summed E-state index contributed by atoms with van der Waals surface area (Å²) < 4.78 is 50.0. The molecule has 160 valence electrons. The van der Waals surface area contributed by atoms with Gasteiger partial charge >= 0.3 is 12.1 Å². The third kappa shape index (κ3) is 6.38. The predicted molar refractivity (Wildman–Crippen MR) is 96.3 cm³/mol. The molecule has 0 N–H and O–H groups in total. The Morgan fingerprint density at radius 1 is 1.31 bits per heavy atom.